The van der Waals surface area contributed by atoms with Crippen LogP contribution in [0.3, 0.4) is 0 Å². The van der Waals surface area contributed by atoms with Crippen LogP contribution in [0.25, 0.3) is 118 Å². The van der Waals surface area contributed by atoms with Crippen molar-refractivity contribution in [2.45, 2.75) is 33.1 Å². The lowest BCUT2D eigenvalue weighted by Gasteiger charge is -2.22. The molecule has 13 aromatic rings. The maximum Gasteiger partial charge on any atom is 0.101 e. The molecule has 0 atom stereocenters. The van der Waals surface area contributed by atoms with Gasteiger partial charge in [0.15, 0.2) is 0 Å². The molecule has 4 nitrogen and oxygen atoms in total. The number of fused-ring (bicyclic) bond motifs is 3. The average molecular weight is 1330 g/mol. The summed E-state index contributed by atoms with van der Waals surface area (Å²) in [6, 6.07) is 65.4. The molecule has 2 aromatic carbocycles. The first-order valence-corrected chi connectivity index (χ1v) is 36.8. The quantitative estimate of drug-likeness (QED) is 0.101. The van der Waals surface area contributed by atoms with Crippen LogP contribution in [0.15, 0.2) is 179 Å². The second-order valence-electron chi connectivity index (χ2n) is 21.0. The van der Waals surface area contributed by atoms with Gasteiger partial charge in [-0.15, -0.1) is 125 Å². The predicted octanol–water partition coefficient (Wildman–Crippen LogP) is 25.2. The van der Waals surface area contributed by atoms with Crippen LogP contribution in [0.4, 0.5) is 0 Å². The normalized spacial score (nSPS) is 12.9. The third kappa shape index (κ3) is 12.2. The number of hydrogen-bond donors (Lipinski definition) is 0. The van der Waals surface area contributed by atoms with Gasteiger partial charge in [0.2, 0.25) is 0 Å². The molecular formula is C73H46N4S11. The summed E-state index contributed by atoms with van der Waals surface area (Å²) in [5.74, 6) is 0. The van der Waals surface area contributed by atoms with Crippen molar-refractivity contribution < 1.29 is 0 Å². The molecular weight excluding hydrogens is 1290 g/mol. The van der Waals surface area contributed by atoms with Crippen molar-refractivity contribution in [3.63, 3.8) is 0 Å². The molecule has 0 unspecified atom stereocenters. The van der Waals surface area contributed by atoms with Crippen LogP contribution in [0.2, 0.25) is 0 Å². The highest BCUT2D eigenvalue weighted by Crippen LogP contribution is 2.52. The van der Waals surface area contributed by atoms with E-state index in [1.165, 1.54) is 93.3 Å². The molecule has 0 spiro atoms. The van der Waals surface area contributed by atoms with Crippen molar-refractivity contribution in [1.29, 1.82) is 21.0 Å². The van der Waals surface area contributed by atoms with Gasteiger partial charge in [0.25, 0.3) is 0 Å². The number of hydrogen-bond acceptors (Lipinski definition) is 15. The lowest BCUT2D eigenvalue weighted by atomic mass is 9.81. The summed E-state index contributed by atoms with van der Waals surface area (Å²) in [5.41, 5.74) is 13.0. The van der Waals surface area contributed by atoms with Crippen LogP contribution in [-0.4, -0.2) is 0 Å². The molecule has 0 amide bonds. The average Bonchev–Trinajstić information content (AvgIpc) is 1.64. The van der Waals surface area contributed by atoms with E-state index in [0.29, 0.717) is 22.3 Å². The predicted molar refractivity (Wildman–Crippen MR) is 389 cm³/mol. The highest BCUT2D eigenvalue weighted by molar-refractivity contribution is 7.27. The Kier molecular flexibility index (Phi) is 17.2. The van der Waals surface area contributed by atoms with E-state index in [2.05, 4.69) is 161 Å². The van der Waals surface area contributed by atoms with Gasteiger partial charge in [-0.1, -0.05) is 62.4 Å². The second-order valence-corrected chi connectivity index (χ2v) is 32.4. The number of aryl methyl sites for hydroxylation is 2. The van der Waals surface area contributed by atoms with Gasteiger partial charge in [-0.05, 0) is 213 Å². The Labute approximate surface area is 555 Å². The zero-order chi connectivity index (χ0) is 60.5. The molecule has 0 saturated carbocycles. The van der Waals surface area contributed by atoms with Crippen LogP contribution in [0.1, 0.15) is 75.1 Å². The molecule has 15 heteroatoms. The molecule has 88 heavy (non-hydrogen) atoms. The van der Waals surface area contributed by atoms with Gasteiger partial charge in [-0.3, -0.25) is 0 Å². The fourth-order valence-electron chi connectivity index (χ4n) is 10.6. The minimum absolute atomic E-state index is 0.136. The van der Waals surface area contributed by atoms with E-state index in [-0.39, 0.29) is 5.41 Å². The van der Waals surface area contributed by atoms with Crippen molar-refractivity contribution in [2.24, 2.45) is 0 Å². The van der Waals surface area contributed by atoms with Gasteiger partial charge in [0.1, 0.15) is 24.3 Å². The molecule has 0 radical (unpaired) electrons. The zero-order valence-electron chi connectivity index (χ0n) is 47.4. The van der Waals surface area contributed by atoms with Crippen molar-refractivity contribution in [3.8, 4) is 95.3 Å². The Morgan fingerprint density at radius 3 is 1.01 bits per heavy atom. The Morgan fingerprint density at radius 1 is 0.341 bits per heavy atom. The monoisotopic (exact) mass is 1330 g/mol. The summed E-state index contributed by atoms with van der Waals surface area (Å²) < 4.78 is 0. The SMILES string of the molecule is CC1(C)c2cc(-c3ccc(-c4ccc(/C=C(\C#N)c5cccs5)s4)s3)ccc2-c2ccc(-c3ccc(-c4ccc(/C=C(\C#N)c5cccs5)s4)s3)cc21.Cc1cc(/C=C(\C#N)c2cccs2)sc1-c1ccc(-c2sc(/C=C(\C#N)c3cccs3)cc2C)s1. The van der Waals surface area contributed by atoms with Crippen molar-refractivity contribution >= 4 is 171 Å². The summed E-state index contributed by atoms with van der Waals surface area (Å²) in [6.07, 6.45) is 7.97. The third-order valence-electron chi connectivity index (χ3n) is 14.9. The van der Waals surface area contributed by atoms with Gasteiger partial charge >= 0.3 is 0 Å². The maximum absolute atomic E-state index is 9.72. The summed E-state index contributed by atoms with van der Waals surface area (Å²) in [5, 5.41) is 46.7. The van der Waals surface area contributed by atoms with E-state index in [9.17, 15) is 21.0 Å². The minimum Gasteiger partial charge on any atom is -0.192 e. The van der Waals surface area contributed by atoms with E-state index in [0.717, 1.165) is 39.0 Å². The molecule has 11 aromatic heterocycles. The second kappa shape index (κ2) is 25.6. The number of allylic oxidation sites excluding steroid dienone is 4. The topological polar surface area (TPSA) is 95.2 Å². The smallest absolute Gasteiger partial charge is 0.101 e. The highest BCUT2D eigenvalue weighted by Gasteiger charge is 2.36. The van der Waals surface area contributed by atoms with Crippen molar-refractivity contribution in [1.82, 2.24) is 0 Å². The van der Waals surface area contributed by atoms with Gasteiger partial charge in [0, 0.05) is 93.2 Å². The number of nitriles is 4. The largest absolute Gasteiger partial charge is 0.192 e. The van der Waals surface area contributed by atoms with Crippen molar-refractivity contribution in [2.75, 3.05) is 0 Å². The molecule has 14 rings (SSSR count). The first-order valence-electron chi connectivity index (χ1n) is 27.6. The summed E-state index contributed by atoms with van der Waals surface area (Å²) in [6.45, 7) is 8.97. The van der Waals surface area contributed by atoms with Crippen molar-refractivity contribution in [3.05, 3.63) is 241 Å². The van der Waals surface area contributed by atoms with Crippen LogP contribution in [0, 0.1) is 59.2 Å². The standard InChI is InChI=1S/C45H28N2S6.C28H18N2S5/c1-45(2)35-23-27(39-15-17-43(52-39)41-13-9-31(50-41)21-29(25-46)37-5-3-19-48-37)7-11-33(35)34-12-8-28(24-36(34)45)40-16-18-44(53-40)42-14-10-32(51-42)22-30(26-47)38-6-4-20-49-38;1-17-11-21(13-19(15-29)23-5-3-9-31-23)33-27(17)25-7-8-26(35-25)28-18(2)12-22(34-28)14-20(16-30)24-6-4-10-32-24/h3-24H,1-2H3;3-14H,1-2H3/b29-21+,30-22+;19-13+,20-14+. The molecule has 0 saturated heterocycles. The fourth-order valence-corrected chi connectivity index (χ4v) is 21.0. The summed E-state index contributed by atoms with van der Waals surface area (Å²) in [7, 11) is 0. The molecule has 1 aliphatic rings. The first kappa shape index (κ1) is 59.0. The minimum atomic E-state index is -0.136. The van der Waals surface area contributed by atoms with Crippen LogP contribution < -0.4 is 0 Å². The molecule has 0 N–H and O–H groups in total. The summed E-state index contributed by atoms with van der Waals surface area (Å²) >= 11 is 18.7. The van der Waals surface area contributed by atoms with E-state index in [1.54, 1.807) is 102 Å². The molecule has 0 fully saturated rings. The zero-order valence-corrected chi connectivity index (χ0v) is 56.4. The molecule has 0 bridgehead atoms. The lowest BCUT2D eigenvalue weighted by molar-refractivity contribution is 0.661. The van der Waals surface area contributed by atoms with E-state index in [1.807, 2.05) is 117 Å². The Hall–Kier alpha value is -7.94. The van der Waals surface area contributed by atoms with E-state index in [4.69, 9.17) is 0 Å². The number of benzene rings is 2. The van der Waals surface area contributed by atoms with Gasteiger partial charge in [0.05, 0.1) is 22.3 Å². The Balaban J connectivity index is 0.000000177. The molecule has 1 aliphatic carbocycles. The van der Waals surface area contributed by atoms with Crippen LogP contribution in [0.5, 0.6) is 0 Å². The van der Waals surface area contributed by atoms with Crippen LogP contribution in [-0.2, 0) is 5.41 Å². The number of rotatable bonds is 14. The lowest BCUT2D eigenvalue weighted by Crippen LogP contribution is -2.15. The Bertz CT molecular complexity index is 4700. The Morgan fingerprint density at radius 2 is 0.659 bits per heavy atom. The molecule has 11 heterocycles. The third-order valence-corrected chi connectivity index (χ3v) is 27.0. The maximum atomic E-state index is 9.72. The van der Waals surface area contributed by atoms with E-state index >= 15 is 0 Å². The number of nitrogens with zero attached hydrogens (tertiary/aromatic N) is 4. The van der Waals surface area contributed by atoms with E-state index < -0.39 is 0 Å². The van der Waals surface area contributed by atoms with Crippen LogP contribution >= 0.6 is 125 Å². The number of thiophene rings is 11. The summed E-state index contributed by atoms with van der Waals surface area (Å²) in [4.78, 5) is 20.7. The first-order chi connectivity index (χ1) is 42.9. The van der Waals surface area contributed by atoms with Gasteiger partial charge < -0.3 is 0 Å². The van der Waals surface area contributed by atoms with Gasteiger partial charge in [-0.25, -0.2) is 0 Å². The van der Waals surface area contributed by atoms with Gasteiger partial charge in [-0.2, -0.15) is 21.0 Å². The highest BCUT2D eigenvalue weighted by atomic mass is 32.1. The molecule has 0 aliphatic heterocycles. The molecule has 424 valence electrons. The fraction of sp³-hybridized carbons (Fsp3) is 0.0685.